The molecule has 1 aromatic carbocycles. The number of sulfonamides is 1. The third kappa shape index (κ3) is 2.13. The summed E-state index contributed by atoms with van der Waals surface area (Å²) in [5.41, 5.74) is 0.633. The molecule has 0 amide bonds. The van der Waals surface area contributed by atoms with Crippen LogP contribution in [0.3, 0.4) is 0 Å². The van der Waals surface area contributed by atoms with Gasteiger partial charge in [-0.25, -0.2) is 8.42 Å². The topological polar surface area (TPSA) is 74.7 Å². The number of nitrogens with zero attached hydrogens (tertiary/aromatic N) is 1. The predicted molar refractivity (Wildman–Crippen MR) is 65.7 cm³/mol. The largest absolute Gasteiger partial charge is 0.480 e. The lowest BCUT2D eigenvalue weighted by molar-refractivity contribution is -0.140. The SMILES string of the molecule is Cc1ccccc1S(=O)(=O)N1CCC[C@H]1C(=O)O. The molecule has 0 saturated carbocycles. The van der Waals surface area contributed by atoms with Crippen molar-refractivity contribution in [1.82, 2.24) is 4.31 Å². The Balaban J connectivity index is 2.43. The molecule has 0 bridgehead atoms. The van der Waals surface area contributed by atoms with E-state index in [9.17, 15) is 13.2 Å². The van der Waals surface area contributed by atoms with Crippen molar-refractivity contribution in [3.63, 3.8) is 0 Å². The van der Waals surface area contributed by atoms with Crippen LogP contribution in [0.1, 0.15) is 18.4 Å². The Kier molecular flexibility index (Phi) is 3.41. The minimum atomic E-state index is -3.71. The number of rotatable bonds is 3. The monoisotopic (exact) mass is 269 g/mol. The molecular formula is C12H15NO4S. The van der Waals surface area contributed by atoms with Crippen molar-refractivity contribution in [3.05, 3.63) is 29.8 Å². The molecule has 1 atom stereocenters. The average molecular weight is 269 g/mol. The van der Waals surface area contributed by atoms with Crippen LogP contribution in [0.5, 0.6) is 0 Å². The highest BCUT2D eigenvalue weighted by Gasteiger charge is 2.39. The van der Waals surface area contributed by atoms with Gasteiger partial charge in [0.25, 0.3) is 0 Å². The molecule has 5 nitrogen and oxygen atoms in total. The predicted octanol–water partition coefficient (Wildman–Crippen LogP) is 1.23. The first kappa shape index (κ1) is 13.0. The van der Waals surface area contributed by atoms with Gasteiger partial charge in [0, 0.05) is 6.54 Å². The molecule has 0 spiro atoms. The van der Waals surface area contributed by atoms with Gasteiger partial charge in [0.05, 0.1) is 4.90 Å². The second-order valence-electron chi connectivity index (χ2n) is 4.38. The van der Waals surface area contributed by atoms with Gasteiger partial charge in [-0.15, -0.1) is 0 Å². The van der Waals surface area contributed by atoms with Crippen LogP contribution in [0.15, 0.2) is 29.2 Å². The van der Waals surface area contributed by atoms with Crippen LogP contribution in [0.25, 0.3) is 0 Å². The highest BCUT2D eigenvalue weighted by molar-refractivity contribution is 7.89. The van der Waals surface area contributed by atoms with Crippen molar-refractivity contribution in [2.75, 3.05) is 6.54 Å². The summed E-state index contributed by atoms with van der Waals surface area (Å²) in [4.78, 5) is 11.3. The summed E-state index contributed by atoms with van der Waals surface area (Å²) < 4.78 is 26.0. The van der Waals surface area contributed by atoms with Crippen molar-refractivity contribution in [3.8, 4) is 0 Å². The molecule has 6 heteroatoms. The second kappa shape index (κ2) is 4.70. The zero-order chi connectivity index (χ0) is 13.3. The van der Waals surface area contributed by atoms with Crippen LogP contribution in [0, 0.1) is 6.92 Å². The molecule has 1 fully saturated rings. The smallest absolute Gasteiger partial charge is 0.322 e. The molecule has 1 saturated heterocycles. The fraction of sp³-hybridized carbons (Fsp3) is 0.417. The van der Waals surface area contributed by atoms with Crippen molar-refractivity contribution >= 4 is 16.0 Å². The zero-order valence-corrected chi connectivity index (χ0v) is 10.9. The van der Waals surface area contributed by atoms with Crippen molar-refractivity contribution in [2.45, 2.75) is 30.7 Å². The van der Waals surface area contributed by atoms with Crippen molar-refractivity contribution in [1.29, 1.82) is 0 Å². The number of hydrogen-bond acceptors (Lipinski definition) is 3. The van der Waals surface area contributed by atoms with Crippen LogP contribution in [0.2, 0.25) is 0 Å². The number of benzene rings is 1. The summed E-state index contributed by atoms with van der Waals surface area (Å²) in [6.07, 6.45) is 0.961. The van der Waals surface area contributed by atoms with Gasteiger partial charge < -0.3 is 5.11 Å². The quantitative estimate of drug-likeness (QED) is 0.895. The van der Waals surface area contributed by atoms with Crippen LogP contribution < -0.4 is 0 Å². The Morgan fingerprint density at radius 1 is 1.39 bits per heavy atom. The first-order valence-corrected chi connectivity index (χ1v) is 7.19. The fourth-order valence-electron chi connectivity index (χ4n) is 2.25. The van der Waals surface area contributed by atoms with E-state index in [2.05, 4.69) is 0 Å². The molecular weight excluding hydrogens is 254 g/mol. The van der Waals surface area contributed by atoms with Gasteiger partial charge in [-0.05, 0) is 31.4 Å². The Bertz CT molecular complexity index is 567. The number of carboxylic acids is 1. The molecule has 0 aromatic heterocycles. The lowest BCUT2D eigenvalue weighted by Crippen LogP contribution is -2.40. The van der Waals surface area contributed by atoms with Gasteiger partial charge in [0.1, 0.15) is 6.04 Å². The van der Waals surface area contributed by atoms with E-state index in [1.165, 1.54) is 6.07 Å². The third-order valence-corrected chi connectivity index (χ3v) is 5.24. The highest BCUT2D eigenvalue weighted by atomic mass is 32.2. The first-order chi connectivity index (χ1) is 8.44. The van der Waals surface area contributed by atoms with Crippen LogP contribution in [0.4, 0.5) is 0 Å². The number of hydrogen-bond donors (Lipinski definition) is 1. The summed E-state index contributed by atoms with van der Waals surface area (Å²) in [7, 11) is -3.71. The molecule has 1 aliphatic heterocycles. The van der Waals surface area contributed by atoms with E-state index >= 15 is 0 Å². The minimum absolute atomic E-state index is 0.193. The Hall–Kier alpha value is -1.40. The molecule has 18 heavy (non-hydrogen) atoms. The van der Waals surface area contributed by atoms with E-state index in [1.807, 2.05) is 0 Å². The molecule has 98 valence electrons. The Labute approximate surface area is 106 Å². The maximum Gasteiger partial charge on any atom is 0.322 e. The summed E-state index contributed by atoms with van der Waals surface area (Å²) >= 11 is 0. The second-order valence-corrected chi connectivity index (χ2v) is 6.24. The molecule has 0 aliphatic carbocycles. The van der Waals surface area contributed by atoms with Crippen molar-refractivity contribution in [2.24, 2.45) is 0 Å². The standard InChI is InChI=1S/C12H15NO4S/c1-9-5-2-3-7-11(9)18(16,17)13-8-4-6-10(13)12(14)15/h2-3,5,7,10H,4,6,8H2,1H3,(H,14,15)/t10-/m0/s1. The van der Waals surface area contributed by atoms with Crippen molar-refractivity contribution < 1.29 is 18.3 Å². The summed E-state index contributed by atoms with van der Waals surface area (Å²) in [6.45, 7) is 1.98. The highest BCUT2D eigenvalue weighted by Crippen LogP contribution is 2.27. The lowest BCUT2D eigenvalue weighted by atomic mass is 10.2. The van der Waals surface area contributed by atoms with Gasteiger partial charge >= 0.3 is 5.97 Å². The molecule has 0 radical (unpaired) electrons. The fourth-order valence-corrected chi connectivity index (χ4v) is 4.12. The van der Waals surface area contributed by atoms with Gasteiger partial charge in [-0.3, -0.25) is 4.79 Å². The number of aliphatic carboxylic acids is 1. The number of carbonyl (C=O) groups is 1. The maximum atomic E-state index is 12.4. The normalized spacial score (nSPS) is 21.1. The van der Waals surface area contributed by atoms with Crippen LogP contribution >= 0.6 is 0 Å². The molecule has 2 rings (SSSR count). The number of carboxylic acid groups (broad SMARTS) is 1. The summed E-state index contributed by atoms with van der Waals surface area (Å²) in [6, 6.07) is 5.69. The zero-order valence-electron chi connectivity index (χ0n) is 10.0. The molecule has 0 unspecified atom stereocenters. The van der Waals surface area contributed by atoms with E-state index < -0.39 is 22.0 Å². The van der Waals surface area contributed by atoms with Crippen LogP contribution in [-0.2, 0) is 14.8 Å². The van der Waals surface area contributed by atoms with Crippen LogP contribution in [-0.4, -0.2) is 36.4 Å². The van der Waals surface area contributed by atoms with Gasteiger partial charge in [-0.2, -0.15) is 4.31 Å². The first-order valence-electron chi connectivity index (χ1n) is 5.75. The van der Waals surface area contributed by atoms with E-state index in [0.717, 1.165) is 4.31 Å². The lowest BCUT2D eigenvalue weighted by Gasteiger charge is -2.21. The third-order valence-electron chi connectivity index (χ3n) is 3.17. The average Bonchev–Trinajstić information content (AvgIpc) is 2.78. The summed E-state index contributed by atoms with van der Waals surface area (Å²) in [5.74, 6) is -1.08. The van der Waals surface area contributed by atoms with Gasteiger partial charge in [-0.1, -0.05) is 18.2 Å². The summed E-state index contributed by atoms with van der Waals surface area (Å²) in [5, 5.41) is 9.06. The molecule has 1 aromatic rings. The van der Waals surface area contributed by atoms with Gasteiger partial charge in [0.2, 0.25) is 10.0 Å². The van der Waals surface area contributed by atoms with E-state index in [4.69, 9.17) is 5.11 Å². The Morgan fingerprint density at radius 3 is 2.67 bits per heavy atom. The molecule has 1 heterocycles. The minimum Gasteiger partial charge on any atom is -0.480 e. The number of aryl methyl sites for hydroxylation is 1. The van der Waals surface area contributed by atoms with E-state index in [-0.39, 0.29) is 11.4 Å². The Morgan fingerprint density at radius 2 is 2.06 bits per heavy atom. The van der Waals surface area contributed by atoms with Gasteiger partial charge in [0.15, 0.2) is 0 Å². The maximum absolute atomic E-state index is 12.4. The van der Waals surface area contributed by atoms with E-state index in [0.29, 0.717) is 18.4 Å². The molecule has 1 aliphatic rings. The van der Waals surface area contributed by atoms with E-state index in [1.54, 1.807) is 25.1 Å². The molecule has 1 N–H and O–H groups in total.